The molecule has 218 valence electrons. The summed E-state index contributed by atoms with van der Waals surface area (Å²) in [5.74, 6) is 0.675. The number of benzene rings is 2. The van der Waals surface area contributed by atoms with Gasteiger partial charge in [0.2, 0.25) is 5.91 Å². The van der Waals surface area contributed by atoms with Gasteiger partial charge in [-0.2, -0.15) is 4.80 Å². The van der Waals surface area contributed by atoms with Gasteiger partial charge in [-0.15, -0.1) is 10.2 Å². The highest BCUT2D eigenvalue weighted by Crippen LogP contribution is 2.40. The molecule has 0 bridgehead atoms. The standard InChI is InChI=1S/C31H45N5O4/c1-6-7-8-9-10-11-12-13-14-17-20-36-34-30(33-35-36)28(25-19-16-15-18-23(25)2)31(37)32-29-26(39-4)21-24(38-3)22-27(29)40-5/h15-16,18-19,21-22,28H,6-14,17,20H2,1-5H3,(H,32,37). The van der Waals surface area contributed by atoms with Crippen LogP contribution >= 0.6 is 0 Å². The van der Waals surface area contributed by atoms with Crippen molar-refractivity contribution in [3.05, 3.63) is 53.3 Å². The van der Waals surface area contributed by atoms with Crippen LogP contribution in [0.1, 0.15) is 94.0 Å². The maximum Gasteiger partial charge on any atom is 0.240 e. The monoisotopic (exact) mass is 551 g/mol. The topological polar surface area (TPSA) is 100 Å². The third-order valence-electron chi connectivity index (χ3n) is 7.16. The fourth-order valence-electron chi connectivity index (χ4n) is 4.84. The quantitative estimate of drug-likeness (QED) is 0.176. The molecular weight excluding hydrogens is 506 g/mol. The van der Waals surface area contributed by atoms with E-state index >= 15 is 0 Å². The summed E-state index contributed by atoms with van der Waals surface area (Å²) < 4.78 is 16.4. The minimum absolute atomic E-state index is 0.311. The van der Waals surface area contributed by atoms with E-state index in [1.165, 1.54) is 65.6 Å². The van der Waals surface area contributed by atoms with E-state index in [4.69, 9.17) is 14.2 Å². The lowest BCUT2D eigenvalue weighted by atomic mass is 9.93. The van der Waals surface area contributed by atoms with Crippen LogP contribution in [0.25, 0.3) is 0 Å². The smallest absolute Gasteiger partial charge is 0.240 e. The second-order valence-electron chi connectivity index (χ2n) is 10.1. The number of carbonyl (C=O) groups is 1. The number of rotatable bonds is 18. The number of amides is 1. The SMILES string of the molecule is CCCCCCCCCCCCn1nnc(C(C(=O)Nc2c(OC)cc(OC)cc2OC)c2ccccc2C)n1. The average molecular weight is 552 g/mol. The highest BCUT2D eigenvalue weighted by molar-refractivity contribution is 6.00. The van der Waals surface area contributed by atoms with E-state index in [-0.39, 0.29) is 5.91 Å². The predicted octanol–water partition coefficient (Wildman–Crippen LogP) is 6.70. The van der Waals surface area contributed by atoms with Crippen LogP contribution in [0.3, 0.4) is 0 Å². The molecule has 3 aromatic rings. The zero-order valence-corrected chi connectivity index (χ0v) is 24.7. The molecule has 0 saturated heterocycles. The molecule has 1 unspecified atom stereocenters. The van der Waals surface area contributed by atoms with Crippen LogP contribution in [0.2, 0.25) is 0 Å². The van der Waals surface area contributed by atoms with Crippen LogP contribution in [0.4, 0.5) is 5.69 Å². The van der Waals surface area contributed by atoms with Gasteiger partial charge in [0.05, 0.1) is 27.9 Å². The number of aryl methyl sites for hydroxylation is 2. The first-order valence-electron chi connectivity index (χ1n) is 14.5. The second kappa shape index (κ2) is 16.5. The van der Waals surface area contributed by atoms with E-state index in [1.807, 2.05) is 31.2 Å². The Kier molecular flexibility index (Phi) is 12.7. The molecule has 9 nitrogen and oxygen atoms in total. The van der Waals surface area contributed by atoms with Crippen molar-refractivity contribution in [3.8, 4) is 17.2 Å². The number of ether oxygens (including phenoxy) is 3. The Labute approximate surface area is 238 Å². The van der Waals surface area contributed by atoms with Crippen LogP contribution < -0.4 is 19.5 Å². The highest BCUT2D eigenvalue weighted by atomic mass is 16.5. The van der Waals surface area contributed by atoms with Crippen LogP contribution in [0, 0.1) is 6.92 Å². The van der Waals surface area contributed by atoms with Crippen LogP contribution in [0.15, 0.2) is 36.4 Å². The Hall–Kier alpha value is -3.62. The van der Waals surface area contributed by atoms with Crippen LogP contribution in [-0.2, 0) is 11.3 Å². The van der Waals surface area contributed by atoms with Crippen molar-refractivity contribution in [1.82, 2.24) is 20.2 Å². The number of carbonyl (C=O) groups excluding carboxylic acids is 1. The van der Waals surface area contributed by atoms with Crippen molar-refractivity contribution in [3.63, 3.8) is 0 Å². The molecule has 0 saturated carbocycles. The average Bonchev–Trinajstić information content (AvgIpc) is 3.43. The molecule has 1 aromatic heterocycles. The van der Waals surface area contributed by atoms with Gasteiger partial charge >= 0.3 is 0 Å². The first-order valence-corrected chi connectivity index (χ1v) is 14.5. The molecule has 0 aliphatic heterocycles. The molecule has 1 N–H and O–H groups in total. The molecule has 2 aromatic carbocycles. The summed E-state index contributed by atoms with van der Waals surface area (Å²) in [4.78, 5) is 15.4. The van der Waals surface area contributed by atoms with Crippen molar-refractivity contribution < 1.29 is 19.0 Å². The first kappa shape index (κ1) is 30.9. The number of nitrogens with zero attached hydrogens (tertiary/aromatic N) is 4. The third kappa shape index (κ3) is 8.69. The maximum absolute atomic E-state index is 13.8. The number of tetrazole rings is 1. The van der Waals surface area contributed by atoms with Crippen molar-refractivity contribution >= 4 is 11.6 Å². The minimum Gasteiger partial charge on any atom is -0.496 e. The number of methoxy groups -OCH3 is 3. The van der Waals surface area contributed by atoms with Crippen molar-refractivity contribution in [1.29, 1.82) is 0 Å². The molecule has 9 heteroatoms. The fraction of sp³-hybridized carbons (Fsp3) is 0.548. The normalized spacial score (nSPS) is 11.7. The fourth-order valence-corrected chi connectivity index (χ4v) is 4.84. The van der Waals surface area contributed by atoms with E-state index in [1.54, 1.807) is 24.0 Å². The van der Waals surface area contributed by atoms with E-state index < -0.39 is 5.92 Å². The Morgan fingerprint density at radius 1 is 0.875 bits per heavy atom. The molecule has 0 fully saturated rings. The number of anilines is 1. The summed E-state index contributed by atoms with van der Waals surface area (Å²) in [6.45, 7) is 4.89. The predicted molar refractivity (Wildman–Crippen MR) is 157 cm³/mol. The molecule has 0 spiro atoms. The summed E-state index contributed by atoms with van der Waals surface area (Å²) >= 11 is 0. The summed E-state index contributed by atoms with van der Waals surface area (Å²) in [5.41, 5.74) is 2.18. The van der Waals surface area contributed by atoms with E-state index in [9.17, 15) is 4.79 Å². The van der Waals surface area contributed by atoms with Gasteiger partial charge < -0.3 is 19.5 Å². The van der Waals surface area contributed by atoms with Crippen LogP contribution in [-0.4, -0.2) is 47.4 Å². The van der Waals surface area contributed by atoms with E-state index in [0.29, 0.717) is 35.3 Å². The summed E-state index contributed by atoms with van der Waals surface area (Å²) in [5, 5.41) is 16.2. The molecule has 0 aliphatic carbocycles. The molecular formula is C31H45N5O4. The lowest BCUT2D eigenvalue weighted by Crippen LogP contribution is -2.24. The van der Waals surface area contributed by atoms with Crippen LogP contribution in [0.5, 0.6) is 17.2 Å². The largest absolute Gasteiger partial charge is 0.496 e. The lowest BCUT2D eigenvalue weighted by Gasteiger charge is -2.19. The van der Waals surface area contributed by atoms with Crippen molar-refractivity contribution in [2.75, 3.05) is 26.6 Å². The van der Waals surface area contributed by atoms with Gasteiger partial charge in [-0.25, -0.2) is 0 Å². The second-order valence-corrected chi connectivity index (χ2v) is 10.1. The van der Waals surface area contributed by atoms with Crippen molar-refractivity contribution in [2.24, 2.45) is 0 Å². The maximum atomic E-state index is 13.8. The molecule has 0 radical (unpaired) electrons. The van der Waals surface area contributed by atoms with E-state index in [2.05, 4.69) is 27.7 Å². The van der Waals surface area contributed by atoms with E-state index in [0.717, 1.165) is 24.0 Å². The van der Waals surface area contributed by atoms with Gasteiger partial charge in [0.15, 0.2) is 5.82 Å². The van der Waals surface area contributed by atoms with Gasteiger partial charge in [-0.05, 0) is 29.7 Å². The Morgan fingerprint density at radius 2 is 1.48 bits per heavy atom. The molecule has 1 atom stereocenters. The van der Waals surface area contributed by atoms with Crippen molar-refractivity contribution in [2.45, 2.75) is 90.5 Å². The lowest BCUT2D eigenvalue weighted by molar-refractivity contribution is -0.116. The molecule has 3 rings (SSSR count). The summed E-state index contributed by atoms with van der Waals surface area (Å²) in [7, 11) is 4.62. The summed E-state index contributed by atoms with van der Waals surface area (Å²) in [6, 6.07) is 11.1. The zero-order chi connectivity index (χ0) is 28.7. The molecule has 1 heterocycles. The number of aromatic nitrogens is 4. The zero-order valence-electron chi connectivity index (χ0n) is 24.7. The Balaban J connectivity index is 1.69. The summed E-state index contributed by atoms with van der Waals surface area (Å²) in [6.07, 6.45) is 12.6. The van der Waals surface area contributed by atoms with Gasteiger partial charge in [-0.1, -0.05) is 89.0 Å². The first-order chi connectivity index (χ1) is 19.5. The van der Waals surface area contributed by atoms with Gasteiger partial charge in [0, 0.05) is 12.1 Å². The third-order valence-corrected chi connectivity index (χ3v) is 7.16. The van der Waals surface area contributed by atoms with Gasteiger partial charge in [0.25, 0.3) is 0 Å². The molecule has 40 heavy (non-hydrogen) atoms. The number of unbranched alkanes of at least 4 members (excludes halogenated alkanes) is 9. The number of hydrogen-bond acceptors (Lipinski definition) is 7. The number of hydrogen-bond donors (Lipinski definition) is 1. The Morgan fingerprint density at radius 3 is 2.05 bits per heavy atom. The van der Waals surface area contributed by atoms with Gasteiger partial charge in [-0.3, -0.25) is 4.79 Å². The highest BCUT2D eigenvalue weighted by Gasteiger charge is 2.30. The van der Waals surface area contributed by atoms with Gasteiger partial charge in [0.1, 0.15) is 28.9 Å². The molecule has 1 amide bonds. The number of nitrogens with one attached hydrogen (secondary N) is 1. The minimum atomic E-state index is -0.765. The Bertz CT molecular complexity index is 1170. The molecule has 0 aliphatic rings.